The van der Waals surface area contributed by atoms with Crippen molar-refractivity contribution in [3.05, 3.63) is 82.6 Å². The van der Waals surface area contributed by atoms with Gasteiger partial charge in [0.15, 0.2) is 12.4 Å². The van der Waals surface area contributed by atoms with Crippen molar-refractivity contribution in [2.75, 3.05) is 7.05 Å². The van der Waals surface area contributed by atoms with Crippen LogP contribution in [-0.2, 0) is 6.54 Å². The van der Waals surface area contributed by atoms with Gasteiger partial charge in [-0.15, -0.1) is 0 Å². The third-order valence-electron chi connectivity index (χ3n) is 4.23. The number of carbonyl (C=O) groups is 1. The molecule has 0 aliphatic heterocycles. The van der Waals surface area contributed by atoms with E-state index in [0.717, 1.165) is 22.6 Å². The van der Waals surface area contributed by atoms with Crippen molar-refractivity contribution in [1.29, 1.82) is 0 Å². The number of amides is 1. The van der Waals surface area contributed by atoms with E-state index in [4.69, 9.17) is 0 Å². The molecule has 0 spiro atoms. The maximum absolute atomic E-state index is 12.5. The largest absolute Gasteiger partial charge is 0.619 e. The minimum absolute atomic E-state index is 0.133. The molecule has 0 saturated carbocycles. The van der Waals surface area contributed by atoms with Crippen LogP contribution in [-0.4, -0.2) is 27.6 Å². The molecule has 1 aromatic carbocycles. The van der Waals surface area contributed by atoms with Gasteiger partial charge in [-0.2, -0.15) is 9.83 Å². The van der Waals surface area contributed by atoms with Crippen molar-refractivity contribution in [2.24, 2.45) is 0 Å². The van der Waals surface area contributed by atoms with E-state index < -0.39 is 0 Å². The van der Waals surface area contributed by atoms with Crippen LogP contribution in [0.15, 0.2) is 54.9 Å². The minimum Gasteiger partial charge on any atom is -0.619 e. The van der Waals surface area contributed by atoms with Crippen LogP contribution in [0.1, 0.15) is 27.3 Å². The average molecular weight is 336 g/mol. The van der Waals surface area contributed by atoms with Gasteiger partial charge in [0.05, 0.1) is 16.9 Å². The van der Waals surface area contributed by atoms with Gasteiger partial charge in [-0.3, -0.25) is 4.79 Å². The summed E-state index contributed by atoms with van der Waals surface area (Å²) in [6.45, 7) is 4.40. The standard InChI is InChI=1S/C19H20N4O2/c1-14-18(15(2)23(20-14)17-7-5-4-6-8-17)13-21(3)19(24)16-9-11-22(25)12-10-16/h4-12H,13H2,1-3H3. The van der Waals surface area contributed by atoms with E-state index in [1.165, 1.54) is 24.5 Å². The Morgan fingerprint density at radius 2 is 1.80 bits per heavy atom. The van der Waals surface area contributed by atoms with Gasteiger partial charge in [0.1, 0.15) is 0 Å². The minimum atomic E-state index is -0.133. The molecule has 0 radical (unpaired) electrons. The second kappa shape index (κ2) is 6.76. The molecule has 3 aromatic rings. The number of aryl methyl sites for hydroxylation is 1. The summed E-state index contributed by atoms with van der Waals surface area (Å²) in [5.74, 6) is -0.133. The molecule has 0 aliphatic carbocycles. The lowest BCUT2D eigenvalue weighted by Gasteiger charge is -2.17. The zero-order valence-corrected chi connectivity index (χ0v) is 14.5. The smallest absolute Gasteiger partial charge is 0.254 e. The highest BCUT2D eigenvalue weighted by Crippen LogP contribution is 2.19. The molecule has 0 atom stereocenters. The molecule has 3 rings (SSSR count). The molecule has 128 valence electrons. The number of para-hydroxylation sites is 1. The first kappa shape index (κ1) is 16.7. The fourth-order valence-corrected chi connectivity index (χ4v) is 2.81. The molecule has 0 aliphatic rings. The van der Waals surface area contributed by atoms with Crippen molar-refractivity contribution in [3.63, 3.8) is 0 Å². The number of benzene rings is 1. The number of hydrogen-bond donors (Lipinski definition) is 0. The third kappa shape index (κ3) is 3.38. The maximum atomic E-state index is 12.5. The number of pyridine rings is 1. The lowest BCUT2D eigenvalue weighted by molar-refractivity contribution is -0.605. The van der Waals surface area contributed by atoms with Gasteiger partial charge >= 0.3 is 0 Å². The van der Waals surface area contributed by atoms with Crippen molar-refractivity contribution in [2.45, 2.75) is 20.4 Å². The quantitative estimate of drug-likeness (QED) is 0.543. The lowest BCUT2D eigenvalue weighted by atomic mass is 10.1. The van der Waals surface area contributed by atoms with Crippen molar-refractivity contribution >= 4 is 5.91 Å². The summed E-state index contributed by atoms with van der Waals surface area (Å²) in [6.07, 6.45) is 2.65. The zero-order chi connectivity index (χ0) is 18.0. The van der Waals surface area contributed by atoms with Crippen LogP contribution in [0.2, 0.25) is 0 Å². The Morgan fingerprint density at radius 3 is 2.44 bits per heavy atom. The third-order valence-corrected chi connectivity index (χ3v) is 4.23. The van der Waals surface area contributed by atoms with Gasteiger partial charge in [0.2, 0.25) is 0 Å². The van der Waals surface area contributed by atoms with E-state index in [2.05, 4.69) is 5.10 Å². The highest BCUT2D eigenvalue weighted by atomic mass is 16.5. The SMILES string of the molecule is Cc1nn(-c2ccccc2)c(C)c1CN(C)C(=O)c1cc[n+]([O-])cc1. The molecule has 2 heterocycles. The van der Waals surface area contributed by atoms with Gasteiger partial charge in [-0.1, -0.05) is 18.2 Å². The molecule has 6 heteroatoms. The molecular formula is C19H20N4O2. The monoisotopic (exact) mass is 336 g/mol. The lowest BCUT2D eigenvalue weighted by Crippen LogP contribution is -2.29. The summed E-state index contributed by atoms with van der Waals surface area (Å²) in [5, 5.41) is 15.7. The first-order valence-electron chi connectivity index (χ1n) is 8.02. The van der Waals surface area contributed by atoms with Crippen LogP contribution in [0.3, 0.4) is 0 Å². The van der Waals surface area contributed by atoms with Crippen molar-refractivity contribution in [3.8, 4) is 5.69 Å². The predicted molar refractivity (Wildman–Crippen MR) is 94.2 cm³/mol. The molecule has 2 aromatic heterocycles. The van der Waals surface area contributed by atoms with Gasteiger partial charge in [-0.25, -0.2) is 4.68 Å². The van der Waals surface area contributed by atoms with Crippen LogP contribution in [0.4, 0.5) is 0 Å². The summed E-state index contributed by atoms with van der Waals surface area (Å²) >= 11 is 0. The molecule has 25 heavy (non-hydrogen) atoms. The molecule has 6 nitrogen and oxygen atoms in total. The Morgan fingerprint density at radius 1 is 1.16 bits per heavy atom. The highest BCUT2D eigenvalue weighted by molar-refractivity contribution is 5.93. The van der Waals surface area contributed by atoms with Gasteiger partial charge in [-0.05, 0) is 26.0 Å². The average Bonchev–Trinajstić information content (AvgIpc) is 2.90. The van der Waals surface area contributed by atoms with Crippen LogP contribution in [0, 0.1) is 19.1 Å². The van der Waals surface area contributed by atoms with Gasteiger partial charge < -0.3 is 10.1 Å². The highest BCUT2D eigenvalue weighted by Gasteiger charge is 2.18. The number of hydrogen-bond acceptors (Lipinski definition) is 3. The Hall–Kier alpha value is -3.15. The maximum Gasteiger partial charge on any atom is 0.254 e. The Bertz CT molecular complexity index is 886. The van der Waals surface area contributed by atoms with E-state index >= 15 is 0 Å². The summed E-state index contributed by atoms with van der Waals surface area (Å²) in [5.41, 5.74) is 4.40. The molecule has 0 saturated heterocycles. The molecule has 0 N–H and O–H groups in total. The number of rotatable bonds is 4. The fraction of sp³-hybridized carbons (Fsp3) is 0.211. The fourth-order valence-electron chi connectivity index (χ4n) is 2.81. The van der Waals surface area contributed by atoms with Crippen LogP contribution < -0.4 is 4.73 Å². The van der Waals surface area contributed by atoms with Gasteiger partial charge in [0, 0.05) is 37.0 Å². The van der Waals surface area contributed by atoms with Crippen molar-refractivity contribution < 1.29 is 9.52 Å². The molecular weight excluding hydrogens is 316 g/mol. The molecule has 0 bridgehead atoms. The van der Waals surface area contributed by atoms with Crippen molar-refractivity contribution in [1.82, 2.24) is 14.7 Å². The van der Waals surface area contributed by atoms with E-state index in [9.17, 15) is 10.0 Å². The van der Waals surface area contributed by atoms with E-state index in [0.29, 0.717) is 16.8 Å². The van der Waals surface area contributed by atoms with E-state index in [-0.39, 0.29) is 5.91 Å². The molecule has 0 unspecified atom stereocenters. The van der Waals surface area contributed by atoms with Gasteiger partial charge in [0.25, 0.3) is 5.91 Å². The second-order valence-electron chi connectivity index (χ2n) is 6.00. The Kier molecular flexibility index (Phi) is 4.52. The molecule has 0 fully saturated rings. The Labute approximate surface area is 146 Å². The summed E-state index contributed by atoms with van der Waals surface area (Å²) in [4.78, 5) is 14.2. The molecule has 1 amide bonds. The summed E-state index contributed by atoms with van der Waals surface area (Å²) < 4.78 is 2.56. The summed E-state index contributed by atoms with van der Waals surface area (Å²) in [7, 11) is 1.75. The number of nitrogens with zero attached hydrogens (tertiary/aromatic N) is 4. The summed E-state index contributed by atoms with van der Waals surface area (Å²) in [6, 6.07) is 13.0. The first-order chi connectivity index (χ1) is 12.0. The Balaban J connectivity index is 1.84. The zero-order valence-electron chi connectivity index (χ0n) is 14.5. The van der Waals surface area contributed by atoms with E-state index in [1.807, 2.05) is 48.9 Å². The number of aromatic nitrogens is 3. The topological polar surface area (TPSA) is 65.1 Å². The number of carbonyl (C=O) groups excluding carboxylic acids is 1. The predicted octanol–water partition coefficient (Wildman–Crippen LogP) is 2.39. The normalized spacial score (nSPS) is 10.7. The van der Waals surface area contributed by atoms with E-state index in [1.54, 1.807) is 11.9 Å². The van der Waals surface area contributed by atoms with Crippen LogP contribution in [0.25, 0.3) is 5.69 Å². The van der Waals surface area contributed by atoms with Crippen LogP contribution in [0.5, 0.6) is 0 Å². The first-order valence-corrected chi connectivity index (χ1v) is 8.02. The second-order valence-corrected chi connectivity index (χ2v) is 6.00. The van der Waals surface area contributed by atoms with Crippen LogP contribution >= 0.6 is 0 Å².